The van der Waals surface area contributed by atoms with Crippen LogP contribution in [0.1, 0.15) is 37.7 Å². The molecule has 1 aromatic rings. The van der Waals surface area contributed by atoms with Crippen molar-refractivity contribution in [2.24, 2.45) is 11.7 Å². The minimum atomic E-state index is -0.560. The zero-order valence-electron chi connectivity index (χ0n) is 19.0. The maximum Gasteiger partial charge on any atom is 0.245 e. The molecule has 0 aliphatic carbocycles. The number of nitrogens with zero attached hydrogens (tertiary/aromatic N) is 3. The van der Waals surface area contributed by atoms with Crippen LogP contribution in [0, 0.1) is 11.3 Å². The van der Waals surface area contributed by atoms with E-state index in [1.807, 2.05) is 23.1 Å². The highest BCUT2D eigenvalue weighted by Crippen LogP contribution is 2.29. The Balaban J connectivity index is 1.25. The maximum absolute atomic E-state index is 13.0. The molecule has 3 saturated heterocycles. The van der Waals surface area contributed by atoms with Crippen LogP contribution in [-0.2, 0) is 20.8 Å². The van der Waals surface area contributed by atoms with Gasteiger partial charge >= 0.3 is 0 Å². The van der Waals surface area contributed by atoms with Crippen LogP contribution in [0.5, 0.6) is 0 Å². The lowest BCUT2D eigenvalue weighted by molar-refractivity contribution is -0.157. The van der Waals surface area contributed by atoms with Crippen LogP contribution in [0.2, 0.25) is 0 Å². The molecule has 4 N–H and O–H groups in total. The van der Waals surface area contributed by atoms with Gasteiger partial charge in [0.15, 0.2) is 5.96 Å². The topological polar surface area (TPSA) is 123 Å². The van der Waals surface area contributed by atoms with Crippen LogP contribution in [-0.4, -0.2) is 83.2 Å². The summed E-state index contributed by atoms with van der Waals surface area (Å²) in [5.41, 5.74) is 6.76. The van der Waals surface area contributed by atoms with Crippen molar-refractivity contribution in [3.63, 3.8) is 0 Å². The van der Waals surface area contributed by atoms with Crippen molar-refractivity contribution in [1.82, 2.24) is 20.0 Å². The molecule has 3 aliphatic heterocycles. The van der Waals surface area contributed by atoms with Crippen LogP contribution in [0.4, 0.5) is 0 Å². The molecule has 0 radical (unpaired) electrons. The first-order valence-corrected chi connectivity index (χ1v) is 11.9. The van der Waals surface area contributed by atoms with Crippen molar-refractivity contribution in [2.75, 3.05) is 32.7 Å². The molecule has 178 valence electrons. The monoisotopic (exact) mass is 454 g/mol. The van der Waals surface area contributed by atoms with Gasteiger partial charge in [0.1, 0.15) is 12.1 Å². The highest BCUT2D eigenvalue weighted by atomic mass is 16.2. The molecule has 0 bridgehead atoms. The molecule has 2 unspecified atom stereocenters. The van der Waals surface area contributed by atoms with Gasteiger partial charge in [-0.2, -0.15) is 0 Å². The number of guanidine groups is 1. The Hall–Kier alpha value is -3.10. The summed E-state index contributed by atoms with van der Waals surface area (Å²) in [5, 5.41) is 10.5. The number of piperidine rings is 1. The van der Waals surface area contributed by atoms with E-state index in [0.29, 0.717) is 31.8 Å². The number of hydrogen-bond donors (Lipinski definition) is 3. The number of nitrogens with one attached hydrogen (secondary N) is 2. The third-order valence-corrected chi connectivity index (χ3v) is 7.16. The number of rotatable bonds is 7. The van der Waals surface area contributed by atoms with Crippen LogP contribution < -0.4 is 11.1 Å². The summed E-state index contributed by atoms with van der Waals surface area (Å²) < 4.78 is 0. The number of fused-ring (bicyclic) bond motifs is 1. The van der Waals surface area contributed by atoms with Gasteiger partial charge in [-0.1, -0.05) is 30.3 Å². The first-order chi connectivity index (χ1) is 15.9. The smallest absolute Gasteiger partial charge is 0.245 e. The first-order valence-electron chi connectivity index (χ1n) is 11.9. The van der Waals surface area contributed by atoms with Gasteiger partial charge in [-0.3, -0.25) is 19.8 Å². The van der Waals surface area contributed by atoms with Crippen LogP contribution in [0.3, 0.4) is 0 Å². The lowest BCUT2D eigenvalue weighted by atomic mass is 9.97. The predicted molar refractivity (Wildman–Crippen MR) is 124 cm³/mol. The number of amides is 3. The fraction of sp³-hybridized carbons (Fsp3) is 0.583. The average Bonchev–Trinajstić information content (AvgIpc) is 3.28. The molecule has 3 fully saturated rings. The van der Waals surface area contributed by atoms with E-state index in [1.165, 1.54) is 10.5 Å². The number of carbonyl (C=O) groups is 3. The van der Waals surface area contributed by atoms with E-state index in [4.69, 9.17) is 11.1 Å². The molecule has 3 aliphatic rings. The summed E-state index contributed by atoms with van der Waals surface area (Å²) in [4.78, 5) is 43.8. The Kier molecular flexibility index (Phi) is 7.15. The number of piperazine rings is 1. The number of nitrogens with two attached hydrogens (primary N) is 1. The lowest BCUT2D eigenvalue weighted by Crippen LogP contribution is -2.61. The largest absolute Gasteiger partial charge is 0.370 e. The Morgan fingerprint density at radius 2 is 1.82 bits per heavy atom. The standard InChI is InChI=1S/C24H34N6O3/c25-24(26)28-13-10-18(11-14-28)15-27-22(32)19-8-9-20-23(33)29(16-21(31)30(19)20)12-4-7-17-5-2-1-3-6-17/h1-3,5-6,18-20H,4,7-16H2,(H3,25,26)(H,27,32). The summed E-state index contributed by atoms with van der Waals surface area (Å²) in [7, 11) is 0. The molecule has 0 spiro atoms. The minimum absolute atomic E-state index is 0.0328. The highest BCUT2D eigenvalue weighted by Gasteiger charge is 2.48. The zero-order valence-corrected chi connectivity index (χ0v) is 19.0. The number of likely N-dealkylation sites (tertiary alicyclic amines) is 1. The number of benzene rings is 1. The first kappa shape index (κ1) is 23.1. The number of aryl methyl sites for hydroxylation is 1. The molecule has 2 atom stereocenters. The third kappa shape index (κ3) is 5.29. The molecule has 4 rings (SSSR count). The molecule has 0 aromatic heterocycles. The van der Waals surface area contributed by atoms with Gasteiger partial charge in [0.2, 0.25) is 17.7 Å². The molecule has 33 heavy (non-hydrogen) atoms. The fourth-order valence-corrected chi connectivity index (χ4v) is 5.24. The second-order valence-electron chi connectivity index (χ2n) is 9.32. The van der Waals surface area contributed by atoms with Crippen molar-refractivity contribution < 1.29 is 14.4 Å². The third-order valence-electron chi connectivity index (χ3n) is 7.16. The van der Waals surface area contributed by atoms with Gasteiger partial charge in [-0.15, -0.1) is 0 Å². The zero-order chi connectivity index (χ0) is 23.4. The maximum atomic E-state index is 13.0. The van der Waals surface area contributed by atoms with Gasteiger partial charge in [0.05, 0.1) is 6.54 Å². The molecule has 1 aromatic carbocycles. The molecular weight excluding hydrogens is 420 g/mol. The van der Waals surface area contributed by atoms with E-state index in [9.17, 15) is 14.4 Å². The van der Waals surface area contributed by atoms with Gasteiger partial charge in [-0.25, -0.2) is 0 Å². The fourth-order valence-electron chi connectivity index (χ4n) is 5.24. The molecule has 3 heterocycles. The quantitative estimate of drug-likeness (QED) is 0.410. The average molecular weight is 455 g/mol. The van der Waals surface area contributed by atoms with Crippen molar-refractivity contribution in [3.05, 3.63) is 35.9 Å². The van der Waals surface area contributed by atoms with E-state index >= 15 is 0 Å². The van der Waals surface area contributed by atoms with Crippen LogP contribution in [0.15, 0.2) is 30.3 Å². The molecule has 3 amide bonds. The minimum Gasteiger partial charge on any atom is -0.370 e. The SMILES string of the molecule is N=C(N)N1CCC(CNC(=O)C2CCC3C(=O)N(CCCc4ccccc4)CC(=O)N23)CC1. The van der Waals surface area contributed by atoms with E-state index in [-0.39, 0.29) is 30.2 Å². The number of carbonyl (C=O) groups excluding carboxylic acids is 3. The van der Waals surface area contributed by atoms with Crippen molar-refractivity contribution in [1.29, 1.82) is 5.41 Å². The highest BCUT2D eigenvalue weighted by molar-refractivity contribution is 5.99. The molecular formula is C24H34N6O3. The van der Waals surface area contributed by atoms with E-state index in [1.54, 1.807) is 4.90 Å². The number of hydrogen-bond acceptors (Lipinski definition) is 4. The second kappa shape index (κ2) is 10.2. The van der Waals surface area contributed by atoms with Gasteiger partial charge < -0.3 is 25.8 Å². The molecule has 9 heteroatoms. The Morgan fingerprint density at radius 1 is 1.09 bits per heavy atom. The summed E-state index contributed by atoms with van der Waals surface area (Å²) in [6.07, 6.45) is 4.47. The van der Waals surface area contributed by atoms with Crippen molar-refractivity contribution in [2.45, 2.75) is 50.6 Å². The van der Waals surface area contributed by atoms with Gasteiger partial charge in [0.25, 0.3) is 0 Å². The summed E-state index contributed by atoms with van der Waals surface area (Å²) in [5.74, 6) is 0.101. The van der Waals surface area contributed by atoms with Gasteiger partial charge in [0, 0.05) is 26.2 Å². The van der Waals surface area contributed by atoms with E-state index in [2.05, 4.69) is 17.4 Å². The summed E-state index contributed by atoms with van der Waals surface area (Å²) in [6, 6.07) is 9.04. The Morgan fingerprint density at radius 3 is 2.52 bits per heavy atom. The van der Waals surface area contributed by atoms with Crippen LogP contribution >= 0.6 is 0 Å². The van der Waals surface area contributed by atoms with E-state index < -0.39 is 12.1 Å². The second-order valence-corrected chi connectivity index (χ2v) is 9.32. The summed E-state index contributed by atoms with van der Waals surface area (Å²) in [6.45, 7) is 2.60. The summed E-state index contributed by atoms with van der Waals surface area (Å²) >= 11 is 0. The Labute approximate surface area is 194 Å². The lowest BCUT2D eigenvalue weighted by Gasteiger charge is -2.38. The molecule has 9 nitrogen and oxygen atoms in total. The van der Waals surface area contributed by atoms with Crippen LogP contribution in [0.25, 0.3) is 0 Å². The van der Waals surface area contributed by atoms with Gasteiger partial charge in [-0.05, 0) is 50.0 Å². The predicted octanol–water partition coefficient (Wildman–Crippen LogP) is 0.543. The Bertz CT molecular complexity index is 883. The normalized spacial score (nSPS) is 23.6. The van der Waals surface area contributed by atoms with Crippen molar-refractivity contribution >= 4 is 23.7 Å². The van der Waals surface area contributed by atoms with E-state index in [0.717, 1.165) is 38.8 Å². The molecule has 0 saturated carbocycles. The van der Waals surface area contributed by atoms with Crippen molar-refractivity contribution in [3.8, 4) is 0 Å².